The number of carbonyl (C=O) groups is 1. The Bertz CT molecular complexity index is 1140. The lowest BCUT2D eigenvalue weighted by Crippen LogP contribution is -2.45. The molecule has 170 valence electrons. The quantitative estimate of drug-likeness (QED) is 0.527. The zero-order chi connectivity index (χ0) is 22.8. The summed E-state index contributed by atoms with van der Waals surface area (Å²) in [4.78, 5) is 20.2. The van der Waals surface area contributed by atoms with Crippen molar-refractivity contribution in [3.05, 3.63) is 89.2 Å². The molecule has 1 aromatic heterocycles. The monoisotopic (exact) mass is 460 g/mol. The first-order valence-electron chi connectivity index (χ1n) is 11.7. The molecule has 3 aromatic rings. The van der Waals surface area contributed by atoms with E-state index >= 15 is 0 Å². The topological polar surface area (TPSA) is 31.7 Å². The lowest BCUT2D eigenvalue weighted by Gasteiger charge is -2.38. The second kappa shape index (κ2) is 9.36. The van der Waals surface area contributed by atoms with Gasteiger partial charge in [-0.1, -0.05) is 36.7 Å². The summed E-state index contributed by atoms with van der Waals surface area (Å²) >= 11 is 6.07. The number of piperazine rings is 1. The highest BCUT2D eigenvalue weighted by molar-refractivity contribution is 6.30. The zero-order valence-electron chi connectivity index (χ0n) is 19.0. The summed E-state index contributed by atoms with van der Waals surface area (Å²) in [5.41, 5.74) is 5.22. The number of amides is 1. The Morgan fingerprint density at radius 1 is 0.848 bits per heavy atom. The molecule has 3 heterocycles. The molecule has 2 aliphatic heterocycles. The maximum Gasteiger partial charge on any atom is 0.256 e. The third-order valence-corrected chi connectivity index (χ3v) is 6.74. The van der Waals surface area contributed by atoms with Crippen molar-refractivity contribution in [2.75, 3.05) is 44.2 Å². The summed E-state index contributed by atoms with van der Waals surface area (Å²) in [5, 5.41) is 0.761. The van der Waals surface area contributed by atoms with Crippen LogP contribution in [0.25, 0.3) is 11.4 Å². The van der Waals surface area contributed by atoms with Crippen molar-refractivity contribution in [3.8, 4) is 5.69 Å². The first-order chi connectivity index (χ1) is 16.2. The SMILES string of the molecule is CCCN1CC=C(N2CCN(c3ccc(Cl)cc3)CC2)c2c(ccn2-c2ccccc2)C1=O. The molecule has 1 saturated heterocycles. The summed E-state index contributed by atoms with van der Waals surface area (Å²) in [6.07, 6.45) is 5.23. The highest BCUT2D eigenvalue weighted by Crippen LogP contribution is 2.32. The molecule has 0 aliphatic carbocycles. The molecule has 2 aliphatic rings. The Kier molecular flexibility index (Phi) is 6.14. The molecule has 33 heavy (non-hydrogen) atoms. The van der Waals surface area contributed by atoms with Crippen LogP contribution in [0.15, 0.2) is 72.9 Å². The standard InChI is InChI=1S/C27H29ClN4O/c1-2-14-31-15-13-25(30-19-17-29(18-20-30)22-10-8-21(28)9-11-22)26-24(27(31)33)12-16-32(26)23-6-4-3-5-7-23/h3-13,16H,2,14-15,17-20H2,1H3. The average molecular weight is 461 g/mol. The molecule has 0 N–H and O–H groups in total. The predicted octanol–water partition coefficient (Wildman–Crippen LogP) is 5.16. The number of nitrogens with zero attached hydrogens (tertiary/aromatic N) is 4. The van der Waals surface area contributed by atoms with E-state index in [1.807, 2.05) is 47.5 Å². The normalized spacial score (nSPS) is 16.5. The summed E-state index contributed by atoms with van der Waals surface area (Å²) in [6.45, 7) is 7.17. The first-order valence-corrected chi connectivity index (χ1v) is 12.1. The number of rotatable bonds is 5. The van der Waals surface area contributed by atoms with Crippen molar-refractivity contribution < 1.29 is 4.79 Å². The van der Waals surface area contributed by atoms with Crippen LogP contribution in [0.1, 0.15) is 29.4 Å². The molecule has 0 unspecified atom stereocenters. The molecule has 5 nitrogen and oxygen atoms in total. The largest absolute Gasteiger partial charge is 0.368 e. The molecule has 1 amide bonds. The van der Waals surface area contributed by atoms with Gasteiger partial charge in [0.25, 0.3) is 5.91 Å². The van der Waals surface area contributed by atoms with Gasteiger partial charge in [-0.2, -0.15) is 0 Å². The van der Waals surface area contributed by atoms with Gasteiger partial charge in [0.05, 0.1) is 17.0 Å². The molecule has 0 radical (unpaired) electrons. The van der Waals surface area contributed by atoms with Gasteiger partial charge in [-0.05, 0) is 55.0 Å². The fourth-order valence-corrected chi connectivity index (χ4v) is 4.94. The van der Waals surface area contributed by atoms with Crippen LogP contribution >= 0.6 is 11.6 Å². The molecule has 5 rings (SSSR count). The highest BCUT2D eigenvalue weighted by Gasteiger charge is 2.30. The highest BCUT2D eigenvalue weighted by atomic mass is 35.5. The minimum absolute atomic E-state index is 0.118. The van der Waals surface area contributed by atoms with E-state index in [4.69, 9.17) is 11.6 Å². The molecule has 6 heteroatoms. The number of anilines is 1. The van der Waals surface area contributed by atoms with Gasteiger partial charge in [0.2, 0.25) is 0 Å². The van der Waals surface area contributed by atoms with Crippen LogP contribution in [0.4, 0.5) is 5.69 Å². The minimum Gasteiger partial charge on any atom is -0.368 e. The zero-order valence-corrected chi connectivity index (χ0v) is 19.7. The molecule has 0 spiro atoms. The van der Waals surface area contributed by atoms with Gasteiger partial charge in [-0.25, -0.2) is 0 Å². The van der Waals surface area contributed by atoms with Gasteiger partial charge < -0.3 is 19.3 Å². The average Bonchev–Trinajstić information content (AvgIpc) is 3.24. The van der Waals surface area contributed by atoms with Crippen LogP contribution in [0.5, 0.6) is 0 Å². The van der Waals surface area contributed by atoms with Gasteiger partial charge in [0.15, 0.2) is 0 Å². The van der Waals surface area contributed by atoms with Crippen molar-refractivity contribution >= 4 is 28.9 Å². The van der Waals surface area contributed by atoms with E-state index in [-0.39, 0.29) is 5.91 Å². The molecular formula is C27H29ClN4O. The third kappa shape index (κ3) is 4.25. The van der Waals surface area contributed by atoms with Crippen LogP contribution in [-0.4, -0.2) is 59.5 Å². The van der Waals surface area contributed by atoms with E-state index in [2.05, 4.69) is 51.6 Å². The number of carbonyl (C=O) groups excluding carboxylic acids is 1. The van der Waals surface area contributed by atoms with Crippen molar-refractivity contribution in [3.63, 3.8) is 0 Å². The number of hydrogen-bond donors (Lipinski definition) is 0. The second-order valence-corrected chi connectivity index (χ2v) is 9.01. The van der Waals surface area contributed by atoms with Crippen molar-refractivity contribution in [2.45, 2.75) is 13.3 Å². The maximum absolute atomic E-state index is 13.4. The smallest absolute Gasteiger partial charge is 0.256 e. The number of aromatic nitrogens is 1. The van der Waals surface area contributed by atoms with Crippen LogP contribution in [0, 0.1) is 0 Å². The van der Waals surface area contributed by atoms with E-state index < -0.39 is 0 Å². The van der Waals surface area contributed by atoms with Gasteiger partial charge in [0, 0.05) is 61.9 Å². The second-order valence-electron chi connectivity index (χ2n) is 8.57. The van der Waals surface area contributed by atoms with Gasteiger partial charge in [-0.15, -0.1) is 0 Å². The Morgan fingerprint density at radius 2 is 1.55 bits per heavy atom. The Morgan fingerprint density at radius 3 is 2.24 bits per heavy atom. The first kappa shape index (κ1) is 21.7. The Hall–Kier alpha value is -3.18. The van der Waals surface area contributed by atoms with Gasteiger partial charge >= 0.3 is 0 Å². The van der Waals surface area contributed by atoms with Crippen molar-refractivity contribution in [1.29, 1.82) is 0 Å². The lowest BCUT2D eigenvalue weighted by molar-refractivity contribution is 0.0775. The Balaban J connectivity index is 1.47. The number of para-hydroxylation sites is 1. The fraction of sp³-hybridized carbons (Fsp3) is 0.296. The molecular weight excluding hydrogens is 432 g/mol. The summed E-state index contributed by atoms with van der Waals surface area (Å²) in [7, 11) is 0. The van der Waals surface area contributed by atoms with Gasteiger partial charge in [-0.3, -0.25) is 4.79 Å². The van der Waals surface area contributed by atoms with E-state index in [0.717, 1.165) is 66.8 Å². The molecule has 0 bridgehead atoms. The molecule has 1 fully saturated rings. The van der Waals surface area contributed by atoms with E-state index in [0.29, 0.717) is 6.54 Å². The van der Waals surface area contributed by atoms with Crippen LogP contribution in [0.2, 0.25) is 5.02 Å². The Labute approximate surface area is 200 Å². The number of benzene rings is 2. The van der Waals surface area contributed by atoms with E-state index in [9.17, 15) is 4.79 Å². The van der Waals surface area contributed by atoms with E-state index in [1.54, 1.807) is 0 Å². The van der Waals surface area contributed by atoms with E-state index in [1.165, 1.54) is 5.69 Å². The third-order valence-electron chi connectivity index (χ3n) is 6.49. The number of fused-ring (bicyclic) bond motifs is 1. The summed E-state index contributed by atoms with van der Waals surface area (Å²) < 4.78 is 2.17. The van der Waals surface area contributed by atoms with Crippen LogP contribution in [-0.2, 0) is 0 Å². The lowest BCUT2D eigenvalue weighted by atomic mass is 10.1. The predicted molar refractivity (Wildman–Crippen MR) is 135 cm³/mol. The van der Waals surface area contributed by atoms with Crippen molar-refractivity contribution in [1.82, 2.24) is 14.4 Å². The molecule has 0 atom stereocenters. The van der Waals surface area contributed by atoms with Crippen LogP contribution < -0.4 is 4.90 Å². The van der Waals surface area contributed by atoms with Gasteiger partial charge in [0.1, 0.15) is 0 Å². The van der Waals surface area contributed by atoms with Crippen LogP contribution in [0.3, 0.4) is 0 Å². The minimum atomic E-state index is 0.118. The number of halogens is 1. The molecule has 2 aromatic carbocycles. The maximum atomic E-state index is 13.4. The summed E-state index contributed by atoms with van der Waals surface area (Å²) in [5.74, 6) is 0.118. The molecule has 0 saturated carbocycles. The summed E-state index contributed by atoms with van der Waals surface area (Å²) in [6, 6.07) is 20.3. The van der Waals surface area contributed by atoms with Crippen molar-refractivity contribution in [2.24, 2.45) is 0 Å². The number of hydrogen-bond acceptors (Lipinski definition) is 3. The fourth-order valence-electron chi connectivity index (χ4n) is 4.82.